The summed E-state index contributed by atoms with van der Waals surface area (Å²) in [6.45, 7) is 2.68. The topological polar surface area (TPSA) is 87.1 Å². The van der Waals surface area contributed by atoms with Gasteiger partial charge in [0, 0.05) is 19.6 Å². The molecular weight excluding hydrogens is 252 g/mol. The van der Waals surface area contributed by atoms with Gasteiger partial charge < -0.3 is 10.4 Å². The van der Waals surface area contributed by atoms with Crippen molar-refractivity contribution in [1.29, 1.82) is 0 Å². The molecule has 0 radical (unpaired) electrons. The third-order valence-corrected chi connectivity index (χ3v) is 3.20. The van der Waals surface area contributed by atoms with Crippen molar-refractivity contribution >= 4 is 22.5 Å². The zero-order valence-electron chi connectivity index (χ0n) is 10.6. The number of urea groups is 1. The van der Waals surface area contributed by atoms with Crippen LogP contribution >= 0.6 is 11.3 Å². The van der Waals surface area contributed by atoms with E-state index in [1.165, 1.54) is 24.2 Å². The van der Waals surface area contributed by atoms with Crippen molar-refractivity contribution in [2.45, 2.75) is 39.0 Å². The Labute approximate surface area is 111 Å². The van der Waals surface area contributed by atoms with Crippen molar-refractivity contribution in [2.24, 2.45) is 0 Å². The molecule has 0 saturated heterocycles. The molecule has 0 aliphatic rings. The van der Waals surface area contributed by atoms with Gasteiger partial charge in [-0.05, 0) is 12.8 Å². The number of nitrogens with zero attached hydrogens (tertiary/aromatic N) is 2. The normalized spacial score (nSPS) is 10.3. The minimum atomic E-state index is -0.306. The van der Waals surface area contributed by atoms with Crippen LogP contribution in [0.25, 0.3) is 0 Å². The predicted octanol–water partition coefficient (Wildman–Crippen LogP) is 1.77. The van der Waals surface area contributed by atoms with Crippen molar-refractivity contribution in [3.05, 3.63) is 5.01 Å². The molecule has 1 rings (SSSR count). The van der Waals surface area contributed by atoms with Gasteiger partial charge in [0.05, 0.1) is 0 Å². The van der Waals surface area contributed by atoms with Crippen LogP contribution < -0.4 is 10.6 Å². The molecule has 1 aromatic rings. The van der Waals surface area contributed by atoms with E-state index in [1.807, 2.05) is 0 Å². The Hall–Kier alpha value is -1.21. The summed E-state index contributed by atoms with van der Waals surface area (Å²) in [7, 11) is 0. The third-order valence-electron chi connectivity index (χ3n) is 2.30. The number of rotatable bonds is 8. The van der Waals surface area contributed by atoms with E-state index in [-0.39, 0.29) is 12.6 Å². The first kappa shape index (κ1) is 14.8. The van der Waals surface area contributed by atoms with Crippen molar-refractivity contribution in [1.82, 2.24) is 15.5 Å². The zero-order valence-corrected chi connectivity index (χ0v) is 11.4. The maximum atomic E-state index is 11.4. The van der Waals surface area contributed by atoms with E-state index in [2.05, 4.69) is 27.8 Å². The maximum Gasteiger partial charge on any atom is 0.321 e. The summed E-state index contributed by atoms with van der Waals surface area (Å²) < 4.78 is 0. The molecule has 18 heavy (non-hydrogen) atoms. The van der Waals surface area contributed by atoms with E-state index >= 15 is 0 Å². The number of anilines is 1. The molecule has 7 heteroatoms. The summed E-state index contributed by atoms with van der Waals surface area (Å²) in [6, 6.07) is -0.306. The second-order valence-electron chi connectivity index (χ2n) is 3.92. The lowest BCUT2D eigenvalue weighted by Gasteiger charge is -2.02. The van der Waals surface area contributed by atoms with Crippen molar-refractivity contribution in [3.8, 4) is 0 Å². The lowest BCUT2D eigenvalue weighted by atomic mass is 10.2. The second-order valence-corrected chi connectivity index (χ2v) is 4.98. The maximum absolute atomic E-state index is 11.4. The lowest BCUT2D eigenvalue weighted by molar-refractivity contribution is 0.249. The van der Waals surface area contributed by atoms with Crippen molar-refractivity contribution in [2.75, 3.05) is 18.5 Å². The van der Waals surface area contributed by atoms with Crippen LogP contribution in [0.4, 0.5) is 9.93 Å². The highest BCUT2D eigenvalue weighted by Crippen LogP contribution is 2.17. The van der Waals surface area contributed by atoms with Crippen LogP contribution in [-0.4, -0.2) is 34.5 Å². The van der Waals surface area contributed by atoms with Crippen LogP contribution in [-0.2, 0) is 6.42 Å². The zero-order chi connectivity index (χ0) is 13.2. The second kappa shape index (κ2) is 8.82. The highest BCUT2D eigenvalue weighted by molar-refractivity contribution is 7.15. The first-order valence-electron chi connectivity index (χ1n) is 6.24. The number of aliphatic hydroxyl groups excluding tert-OH is 1. The van der Waals surface area contributed by atoms with Gasteiger partial charge in [-0.1, -0.05) is 31.1 Å². The fourth-order valence-electron chi connectivity index (χ4n) is 1.35. The van der Waals surface area contributed by atoms with E-state index in [9.17, 15) is 4.79 Å². The molecule has 102 valence electrons. The van der Waals surface area contributed by atoms with Gasteiger partial charge in [0.1, 0.15) is 5.01 Å². The Balaban J connectivity index is 2.27. The SMILES string of the molecule is CCCCCc1nnc(NC(=O)NCCCO)s1. The minimum Gasteiger partial charge on any atom is -0.396 e. The summed E-state index contributed by atoms with van der Waals surface area (Å²) in [4.78, 5) is 11.4. The first-order valence-corrected chi connectivity index (χ1v) is 7.06. The lowest BCUT2D eigenvalue weighted by Crippen LogP contribution is -2.29. The van der Waals surface area contributed by atoms with Gasteiger partial charge in [-0.2, -0.15) is 0 Å². The van der Waals surface area contributed by atoms with Crippen LogP contribution in [0.5, 0.6) is 0 Å². The monoisotopic (exact) mass is 272 g/mol. The summed E-state index contributed by atoms with van der Waals surface area (Å²) in [6.07, 6.45) is 4.93. The molecule has 2 amide bonds. The summed E-state index contributed by atoms with van der Waals surface area (Å²) in [5.74, 6) is 0. The number of hydrogen-bond donors (Lipinski definition) is 3. The average molecular weight is 272 g/mol. The fraction of sp³-hybridized carbons (Fsp3) is 0.727. The number of carbonyl (C=O) groups excluding carboxylic acids is 1. The summed E-state index contributed by atoms with van der Waals surface area (Å²) >= 11 is 1.41. The Kier molecular flexibility index (Phi) is 7.28. The highest BCUT2D eigenvalue weighted by Gasteiger charge is 2.07. The van der Waals surface area contributed by atoms with E-state index in [0.29, 0.717) is 18.1 Å². The van der Waals surface area contributed by atoms with Gasteiger partial charge >= 0.3 is 6.03 Å². The molecule has 0 atom stereocenters. The number of hydrogen-bond acceptors (Lipinski definition) is 5. The number of unbranched alkanes of at least 4 members (excludes halogenated alkanes) is 2. The number of carbonyl (C=O) groups is 1. The molecule has 0 saturated carbocycles. The van der Waals surface area contributed by atoms with E-state index in [1.54, 1.807) is 0 Å². The van der Waals surface area contributed by atoms with E-state index in [4.69, 9.17) is 5.11 Å². The molecule has 1 aromatic heterocycles. The van der Waals surface area contributed by atoms with Gasteiger partial charge in [-0.15, -0.1) is 10.2 Å². The fourth-order valence-corrected chi connectivity index (χ4v) is 2.13. The molecule has 0 aromatic carbocycles. The van der Waals surface area contributed by atoms with E-state index < -0.39 is 0 Å². The molecule has 0 spiro atoms. The van der Waals surface area contributed by atoms with Gasteiger partial charge in [0.25, 0.3) is 0 Å². The molecule has 0 aliphatic carbocycles. The van der Waals surface area contributed by atoms with Crippen LogP contribution in [0.1, 0.15) is 37.6 Å². The van der Waals surface area contributed by atoms with Crippen LogP contribution in [0.15, 0.2) is 0 Å². The Morgan fingerprint density at radius 1 is 1.33 bits per heavy atom. The van der Waals surface area contributed by atoms with Gasteiger partial charge in [-0.3, -0.25) is 5.32 Å². The Morgan fingerprint density at radius 2 is 2.17 bits per heavy atom. The molecule has 0 unspecified atom stereocenters. The highest BCUT2D eigenvalue weighted by atomic mass is 32.1. The van der Waals surface area contributed by atoms with Crippen LogP contribution in [0.2, 0.25) is 0 Å². The van der Waals surface area contributed by atoms with E-state index in [0.717, 1.165) is 17.8 Å². The minimum absolute atomic E-state index is 0.0701. The number of amides is 2. The predicted molar refractivity (Wildman–Crippen MR) is 71.9 cm³/mol. The van der Waals surface area contributed by atoms with Gasteiger partial charge in [0.2, 0.25) is 5.13 Å². The van der Waals surface area contributed by atoms with Crippen molar-refractivity contribution in [3.63, 3.8) is 0 Å². The van der Waals surface area contributed by atoms with Crippen LogP contribution in [0, 0.1) is 0 Å². The molecule has 0 aliphatic heterocycles. The smallest absolute Gasteiger partial charge is 0.321 e. The largest absolute Gasteiger partial charge is 0.396 e. The summed E-state index contributed by atoms with van der Waals surface area (Å²) in [5.41, 5.74) is 0. The number of aryl methyl sites for hydroxylation is 1. The molecule has 3 N–H and O–H groups in total. The third kappa shape index (κ3) is 5.92. The quantitative estimate of drug-likeness (QED) is 0.629. The summed E-state index contributed by atoms with van der Waals surface area (Å²) in [5, 5.41) is 23.2. The Bertz CT molecular complexity index is 357. The average Bonchev–Trinajstić information content (AvgIpc) is 2.77. The van der Waals surface area contributed by atoms with Gasteiger partial charge in [-0.25, -0.2) is 4.79 Å². The number of nitrogens with one attached hydrogen (secondary N) is 2. The first-order chi connectivity index (χ1) is 8.76. The van der Waals surface area contributed by atoms with Crippen molar-refractivity contribution < 1.29 is 9.90 Å². The molecular formula is C11H20N4O2S. The molecule has 0 fully saturated rings. The number of aliphatic hydroxyl groups is 1. The van der Waals surface area contributed by atoms with Crippen LogP contribution in [0.3, 0.4) is 0 Å². The number of aromatic nitrogens is 2. The molecule has 6 nitrogen and oxygen atoms in total. The van der Waals surface area contributed by atoms with Gasteiger partial charge in [0.15, 0.2) is 0 Å². The molecule has 0 bridgehead atoms. The molecule has 1 heterocycles. The Morgan fingerprint density at radius 3 is 2.89 bits per heavy atom. The standard InChI is InChI=1S/C11H20N4O2S/c1-2-3-4-6-9-14-15-11(18-9)13-10(17)12-7-5-8-16/h16H,2-8H2,1H3,(H2,12,13,15,17).